The van der Waals surface area contributed by atoms with Crippen molar-refractivity contribution in [3.8, 4) is 0 Å². The highest BCUT2D eigenvalue weighted by molar-refractivity contribution is 4.92. The van der Waals surface area contributed by atoms with Gasteiger partial charge in [-0.15, -0.1) is 0 Å². The molecule has 0 bridgehead atoms. The fraction of sp³-hybridized carbons (Fsp3) is 1.00. The van der Waals surface area contributed by atoms with E-state index < -0.39 is 0 Å². The first-order chi connectivity index (χ1) is 8.77. The molecule has 104 valence electrons. The molecule has 0 radical (unpaired) electrons. The van der Waals surface area contributed by atoms with Crippen LogP contribution < -0.4 is 5.32 Å². The number of hydrogen-bond donors (Lipinski definition) is 1. The first kappa shape index (κ1) is 12.9. The van der Waals surface area contributed by atoms with E-state index >= 15 is 0 Å². The van der Waals surface area contributed by atoms with E-state index in [4.69, 9.17) is 4.74 Å². The lowest BCUT2D eigenvalue weighted by atomic mass is 9.79. The quantitative estimate of drug-likeness (QED) is 0.810. The minimum atomic E-state index is 0.486. The summed E-state index contributed by atoms with van der Waals surface area (Å²) < 4.78 is 5.59. The predicted molar refractivity (Wildman–Crippen MR) is 73.8 cm³/mol. The van der Waals surface area contributed by atoms with Crippen molar-refractivity contribution in [2.45, 2.75) is 57.5 Å². The molecule has 2 heterocycles. The fourth-order valence-electron chi connectivity index (χ4n) is 3.50. The number of ether oxygens (including phenoxy) is 1. The van der Waals surface area contributed by atoms with E-state index in [-0.39, 0.29) is 0 Å². The Balaban J connectivity index is 1.59. The van der Waals surface area contributed by atoms with Gasteiger partial charge >= 0.3 is 0 Å². The minimum absolute atomic E-state index is 0.486. The summed E-state index contributed by atoms with van der Waals surface area (Å²) in [4.78, 5) is 2.72. The van der Waals surface area contributed by atoms with Crippen LogP contribution >= 0.6 is 0 Å². The van der Waals surface area contributed by atoms with Gasteiger partial charge in [-0.25, -0.2) is 0 Å². The maximum absolute atomic E-state index is 5.59. The van der Waals surface area contributed by atoms with Crippen LogP contribution in [-0.4, -0.2) is 49.8 Å². The third-order valence-electron chi connectivity index (χ3n) is 5.13. The van der Waals surface area contributed by atoms with Crippen molar-refractivity contribution < 1.29 is 4.74 Å². The van der Waals surface area contributed by atoms with Gasteiger partial charge in [-0.2, -0.15) is 0 Å². The van der Waals surface area contributed by atoms with Gasteiger partial charge in [0, 0.05) is 38.4 Å². The van der Waals surface area contributed by atoms with E-state index in [1.165, 1.54) is 58.2 Å². The van der Waals surface area contributed by atoms with Gasteiger partial charge in [0.2, 0.25) is 0 Å². The molecule has 3 fully saturated rings. The van der Waals surface area contributed by atoms with Crippen molar-refractivity contribution in [3.05, 3.63) is 0 Å². The summed E-state index contributed by atoms with van der Waals surface area (Å²) in [6.45, 7) is 8.15. The molecular weight excluding hydrogens is 224 g/mol. The molecule has 1 saturated carbocycles. The Morgan fingerprint density at radius 2 is 2.00 bits per heavy atom. The number of hydrogen-bond acceptors (Lipinski definition) is 3. The van der Waals surface area contributed by atoms with Crippen LogP contribution in [0.25, 0.3) is 0 Å². The highest BCUT2D eigenvalue weighted by atomic mass is 16.5. The second-order valence-electron chi connectivity index (χ2n) is 6.73. The van der Waals surface area contributed by atoms with Crippen molar-refractivity contribution in [2.24, 2.45) is 5.41 Å². The number of nitrogens with one attached hydrogen (secondary N) is 1. The molecule has 2 saturated heterocycles. The molecule has 0 aromatic heterocycles. The Hall–Kier alpha value is -0.120. The molecule has 0 aromatic rings. The number of nitrogens with zero attached hydrogens (tertiary/aromatic N) is 1. The largest absolute Gasteiger partial charge is 0.381 e. The summed E-state index contributed by atoms with van der Waals surface area (Å²) in [7, 11) is 0. The smallest absolute Gasteiger partial charge is 0.0472 e. The molecule has 3 aliphatic rings. The summed E-state index contributed by atoms with van der Waals surface area (Å²) in [5.41, 5.74) is 0.486. The molecule has 1 N–H and O–H groups in total. The van der Waals surface area contributed by atoms with Crippen molar-refractivity contribution in [2.75, 3.05) is 32.8 Å². The highest BCUT2D eigenvalue weighted by Crippen LogP contribution is 2.34. The summed E-state index contributed by atoms with van der Waals surface area (Å²) in [5.74, 6) is 0. The Kier molecular flexibility index (Phi) is 3.92. The first-order valence-corrected chi connectivity index (χ1v) is 7.83. The SMILES string of the molecule is CC1CCCN1CC1(CNC2CC2)CCOCC1. The lowest BCUT2D eigenvalue weighted by Crippen LogP contribution is -2.48. The molecule has 1 atom stereocenters. The Labute approximate surface area is 111 Å². The van der Waals surface area contributed by atoms with Gasteiger partial charge in [0.25, 0.3) is 0 Å². The van der Waals surface area contributed by atoms with Crippen molar-refractivity contribution in [1.82, 2.24) is 10.2 Å². The van der Waals surface area contributed by atoms with Gasteiger partial charge in [0.05, 0.1) is 0 Å². The van der Waals surface area contributed by atoms with Crippen LogP contribution in [0, 0.1) is 5.41 Å². The lowest BCUT2D eigenvalue weighted by molar-refractivity contribution is -0.00566. The molecule has 3 heteroatoms. The molecule has 0 spiro atoms. The second-order valence-corrected chi connectivity index (χ2v) is 6.73. The third-order valence-corrected chi connectivity index (χ3v) is 5.13. The summed E-state index contributed by atoms with van der Waals surface area (Å²) >= 11 is 0. The van der Waals surface area contributed by atoms with Crippen LogP contribution in [0.15, 0.2) is 0 Å². The van der Waals surface area contributed by atoms with Crippen LogP contribution in [0.2, 0.25) is 0 Å². The van der Waals surface area contributed by atoms with Crippen molar-refractivity contribution >= 4 is 0 Å². The molecule has 2 aliphatic heterocycles. The summed E-state index contributed by atoms with van der Waals surface area (Å²) in [6.07, 6.45) is 8.07. The molecule has 1 unspecified atom stereocenters. The monoisotopic (exact) mass is 252 g/mol. The van der Waals surface area contributed by atoms with Crippen LogP contribution in [0.1, 0.15) is 45.4 Å². The van der Waals surface area contributed by atoms with Crippen LogP contribution in [-0.2, 0) is 4.74 Å². The molecule has 1 aliphatic carbocycles. The second kappa shape index (κ2) is 5.48. The maximum atomic E-state index is 5.59. The van der Waals surface area contributed by atoms with E-state index in [9.17, 15) is 0 Å². The number of likely N-dealkylation sites (tertiary alicyclic amines) is 1. The molecule has 18 heavy (non-hydrogen) atoms. The zero-order valence-corrected chi connectivity index (χ0v) is 11.8. The summed E-state index contributed by atoms with van der Waals surface area (Å²) in [6, 6.07) is 1.63. The average Bonchev–Trinajstić information content (AvgIpc) is 3.14. The van der Waals surface area contributed by atoms with Gasteiger partial charge in [-0.3, -0.25) is 0 Å². The maximum Gasteiger partial charge on any atom is 0.0472 e. The van der Waals surface area contributed by atoms with E-state index in [0.717, 1.165) is 25.3 Å². The van der Waals surface area contributed by atoms with Crippen LogP contribution in [0.3, 0.4) is 0 Å². The highest BCUT2D eigenvalue weighted by Gasteiger charge is 2.37. The van der Waals surface area contributed by atoms with E-state index in [1.807, 2.05) is 0 Å². The first-order valence-electron chi connectivity index (χ1n) is 7.83. The summed E-state index contributed by atoms with van der Waals surface area (Å²) in [5, 5.41) is 3.77. The number of rotatable bonds is 5. The van der Waals surface area contributed by atoms with Gasteiger partial charge in [0.15, 0.2) is 0 Å². The third kappa shape index (κ3) is 3.06. The molecular formula is C15H28N2O. The van der Waals surface area contributed by atoms with E-state index in [2.05, 4.69) is 17.1 Å². The lowest BCUT2D eigenvalue weighted by Gasteiger charge is -2.41. The zero-order chi connectivity index (χ0) is 12.4. The van der Waals surface area contributed by atoms with Gasteiger partial charge in [0.1, 0.15) is 0 Å². The standard InChI is InChI=1S/C15H28N2O/c1-13-3-2-8-17(13)12-15(6-9-18-10-7-15)11-16-14-4-5-14/h13-14,16H,2-12H2,1H3. The van der Waals surface area contributed by atoms with E-state index in [1.54, 1.807) is 0 Å². The van der Waals surface area contributed by atoms with Crippen LogP contribution in [0.5, 0.6) is 0 Å². The topological polar surface area (TPSA) is 24.5 Å². The fourth-order valence-corrected chi connectivity index (χ4v) is 3.50. The molecule has 0 aromatic carbocycles. The Morgan fingerprint density at radius 3 is 2.61 bits per heavy atom. The van der Waals surface area contributed by atoms with Crippen LogP contribution in [0.4, 0.5) is 0 Å². The molecule has 0 amide bonds. The van der Waals surface area contributed by atoms with Gasteiger partial charge < -0.3 is 15.0 Å². The minimum Gasteiger partial charge on any atom is -0.381 e. The molecule has 3 rings (SSSR count). The normalized spacial score (nSPS) is 32.8. The predicted octanol–water partition coefficient (Wildman–Crippen LogP) is 2.02. The Morgan fingerprint density at radius 1 is 1.22 bits per heavy atom. The van der Waals surface area contributed by atoms with Gasteiger partial charge in [-0.1, -0.05) is 0 Å². The zero-order valence-electron chi connectivity index (χ0n) is 11.8. The molecule has 3 nitrogen and oxygen atoms in total. The van der Waals surface area contributed by atoms with Gasteiger partial charge in [-0.05, 0) is 57.4 Å². The van der Waals surface area contributed by atoms with E-state index in [0.29, 0.717) is 5.41 Å². The van der Waals surface area contributed by atoms with Crippen molar-refractivity contribution in [3.63, 3.8) is 0 Å². The Bertz CT molecular complexity index is 272. The average molecular weight is 252 g/mol. The van der Waals surface area contributed by atoms with Crippen molar-refractivity contribution in [1.29, 1.82) is 0 Å².